The molecule has 1 fully saturated rings. The van der Waals surface area contributed by atoms with Gasteiger partial charge < -0.3 is 9.80 Å². The van der Waals surface area contributed by atoms with E-state index in [1.807, 2.05) is 6.07 Å². The summed E-state index contributed by atoms with van der Waals surface area (Å²) >= 11 is 0. The van der Waals surface area contributed by atoms with Crippen molar-refractivity contribution in [3.8, 4) is 0 Å². The molecule has 2 nitrogen and oxygen atoms in total. The lowest BCUT2D eigenvalue weighted by Gasteiger charge is -2.36. The molecule has 5 heteroatoms. The van der Waals surface area contributed by atoms with Crippen LogP contribution in [0.15, 0.2) is 18.2 Å². The fourth-order valence-corrected chi connectivity index (χ4v) is 2.75. The molecular formula is C15H21F3N2. The van der Waals surface area contributed by atoms with Gasteiger partial charge in [-0.1, -0.05) is 0 Å². The first-order valence-electron chi connectivity index (χ1n) is 6.87. The van der Waals surface area contributed by atoms with Crippen LogP contribution in [0.2, 0.25) is 0 Å². The summed E-state index contributed by atoms with van der Waals surface area (Å²) in [6.07, 6.45) is -2.30. The standard InChI is InChI=1S/C15H21F3N2/c1-11-8-12(15(16,17)18)10-14(9-11)20-6-4-13(5-7-20)19(2)3/h8-10,13H,4-7H2,1-3H3. The largest absolute Gasteiger partial charge is 0.416 e. The van der Waals surface area contributed by atoms with Gasteiger partial charge in [0.2, 0.25) is 0 Å². The van der Waals surface area contributed by atoms with Crippen LogP contribution >= 0.6 is 0 Å². The quantitative estimate of drug-likeness (QED) is 0.820. The molecule has 0 unspecified atom stereocenters. The van der Waals surface area contributed by atoms with Crippen LogP contribution < -0.4 is 4.90 Å². The van der Waals surface area contributed by atoms with E-state index in [-0.39, 0.29) is 0 Å². The number of hydrogen-bond acceptors (Lipinski definition) is 2. The molecule has 0 N–H and O–H groups in total. The van der Waals surface area contributed by atoms with Gasteiger partial charge >= 0.3 is 6.18 Å². The molecule has 20 heavy (non-hydrogen) atoms. The second kappa shape index (κ2) is 5.64. The van der Waals surface area contributed by atoms with Crippen molar-refractivity contribution in [2.45, 2.75) is 32.0 Å². The van der Waals surface area contributed by atoms with Gasteiger partial charge in [-0.2, -0.15) is 13.2 Å². The van der Waals surface area contributed by atoms with E-state index in [9.17, 15) is 13.2 Å². The van der Waals surface area contributed by atoms with E-state index in [1.54, 1.807) is 6.92 Å². The monoisotopic (exact) mass is 286 g/mol. The Morgan fingerprint density at radius 1 is 1.10 bits per heavy atom. The molecule has 0 aliphatic carbocycles. The van der Waals surface area contributed by atoms with E-state index >= 15 is 0 Å². The van der Waals surface area contributed by atoms with Gasteiger partial charge in [0.25, 0.3) is 0 Å². The van der Waals surface area contributed by atoms with Crippen molar-refractivity contribution in [2.75, 3.05) is 32.1 Å². The third-order valence-corrected chi connectivity index (χ3v) is 3.95. The number of piperidine rings is 1. The van der Waals surface area contributed by atoms with E-state index in [0.29, 0.717) is 17.3 Å². The molecule has 0 atom stereocenters. The Morgan fingerprint density at radius 2 is 1.70 bits per heavy atom. The average molecular weight is 286 g/mol. The topological polar surface area (TPSA) is 6.48 Å². The average Bonchev–Trinajstić information content (AvgIpc) is 2.37. The van der Waals surface area contributed by atoms with E-state index in [1.165, 1.54) is 12.1 Å². The maximum Gasteiger partial charge on any atom is 0.416 e. The maximum atomic E-state index is 12.9. The number of halogens is 3. The number of benzene rings is 1. The van der Waals surface area contributed by atoms with Crippen LogP contribution in [-0.2, 0) is 6.18 Å². The lowest BCUT2D eigenvalue weighted by atomic mass is 10.0. The lowest BCUT2D eigenvalue weighted by molar-refractivity contribution is -0.137. The normalized spacial score (nSPS) is 17.9. The molecule has 0 saturated carbocycles. The van der Waals surface area contributed by atoms with Gasteiger partial charge in [0.1, 0.15) is 0 Å². The Labute approximate surface area is 118 Å². The number of anilines is 1. The van der Waals surface area contributed by atoms with Crippen molar-refractivity contribution < 1.29 is 13.2 Å². The maximum absolute atomic E-state index is 12.9. The highest BCUT2D eigenvalue weighted by Gasteiger charge is 2.31. The lowest BCUT2D eigenvalue weighted by Crippen LogP contribution is -2.42. The molecule has 112 valence electrons. The van der Waals surface area contributed by atoms with Crippen molar-refractivity contribution in [3.05, 3.63) is 29.3 Å². The highest BCUT2D eigenvalue weighted by atomic mass is 19.4. The van der Waals surface area contributed by atoms with Crippen LogP contribution in [0, 0.1) is 6.92 Å². The number of alkyl halides is 3. The van der Waals surface area contributed by atoms with Crippen molar-refractivity contribution >= 4 is 5.69 Å². The van der Waals surface area contributed by atoms with Crippen LogP contribution in [-0.4, -0.2) is 38.1 Å². The van der Waals surface area contributed by atoms with Gasteiger partial charge in [-0.15, -0.1) is 0 Å². The predicted octanol–water partition coefficient (Wildman–Crippen LogP) is 3.54. The van der Waals surface area contributed by atoms with Gasteiger partial charge in [-0.05, 0) is 57.6 Å². The van der Waals surface area contributed by atoms with Gasteiger partial charge in [0.15, 0.2) is 0 Å². The fourth-order valence-electron chi connectivity index (χ4n) is 2.75. The summed E-state index contributed by atoms with van der Waals surface area (Å²) in [4.78, 5) is 4.25. The van der Waals surface area contributed by atoms with Crippen LogP contribution in [0.3, 0.4) is 0 Å². The Morgan fingerprint density at radius 3 is 2.20 bits per heavy atom. The molecule has 0 radical (unpaired) electrons. The van der Waals surface area contributed by atoms with Crippen molar-refractivity contribution in [2.24, 2.45) is 0 Å². The van der Waals surface area contributed by atoms with Gasteiger partial charge in [0, 0.05) is 24.8 Å². The van der Waals surface area contributed by atoms with Crippen LogP contribution in [0.1, 0.15) is 24.0 Å². The number of nitrogens with zero attached hydrogens (tertiary/aromatic N) is 2. The summed E-state index contributed by atoms with van der Waals surface area (Å²) in [5, 5.41) is 0. The van der Waals surface area contributed by atoms with Gasteiger partial charge in [-0.25, -0.2) is 0 Å². The molecule has 1 aliphatic heterocycles. The first-order chi connectivity index (χ1) is 9.27. The first kappa shape index (κ1) is 15.2. The predicted molar refractivity (Wildman–Crippen MR) is 75.1 cm³/mol. The van der Waals surface area contributed by atoms with Crippen LogP contribution in [0.5, 0.6) is 0 Å². The number of rotatable bonds is 2. The third-order valence-electron chi connectivity index (χ3n) is 3.95. The molecule has 1 aliphatic rings. The Kier molecular flexibility index (Phi) is 4.28. The summed E-state index contributed by atoms with van der Waals surface area (Å²) in [5.41, 5.74) is 0.793. The Hall–Kier alpha value is -1.23. The molecular weight excluding hydrogens is 265 g/mol. The minimum absolute atomic E-state index is 0.526. The second-order valence-corrected chi connectivity index (χ2v) is 5.74. The highest BCUT2D eigenvalue weighted by molar-refractivity contribution is 5.52. The van der Waals surface area contributed by atoms with Gasteiger partial charge in [-0.3, -0.25) is 0 Å². The molecule has 2 rings (SSSR count). The molecule has 0 spiro atoms. The minimum atomic E-state index is -4.28. The molecule has 1 heterocycles. The van der Waals surface area contributed by atoms with Crippen molar-refractivity contribution in [1.29, 1.82) is 0 Å². The van der Waals surface area contributed by atoms with E-state index in [2.05, 4.69) is 23.9 Å². The molecule has 1 saturated heterocycles. The zero-order valence-electron chi connectivity index (χ0n) is 12.2. The Bertz CT molecular complexity index is 461. The number of hydrogen-bond donors (Lipinski definition) is 0. The third kappa shape index (κ3) is 3.45. The molecule has 1 aromatic carbocycles. The zero-order chi connectivity index (χ0) is 14.9. The summed E-state index contributed by atoms with van der Waals surface area (Å²) in [6.45, 7) is 3.33. The summed E-state index contributed by atoms with van der Waals surface area (Å²) < 4.78 is 38.6. The van der Waals surface area contributed by atoms with Crippen LogP contribution in [0.4, 0.5) is 18.9 Å². The minimum Gasteiger partial charge on any atom is -0.371 e. The first-order valence-corrected chi connectivity index (χ1v) is 6.87. The van der Waals surface area contributed by atoms with Gasteiger partial charge in [0.05, 0.1) is 5.56 Å². The van der Waals surface area contributed by atoms with Crippen molar-refractivity contribution in [1.82, 2.24) is 4.90 Å². The zero-order valence-corrected chi connectivity index (χ0v) is 12.2. The molecule has 1 aromatic rings. The summed E-state index contributed by atoms with van der Waals surface area (Å²) in [7, 11) is 4.10. The Balaban J connectivity index is 2.16. The summed E-state index contributed by atoms with van der Waals surface area (Å²) in [5.74, 6) is 0. The number of aryl methyl sites for hydroxylation is 1. The second-order valence-electron chi connectivity index (χ2n) is 5.74. The van der Waals surface area contributed by atoms with E-state index < -0.39 is 11.7 Å². The summed E-state index contributed by atoms with van der Waals surface area (Å²) in [6, 6.07) is 4.84. The molecule has 0 bridgehead atoms. The van der Waals surface area contributed by atoms with Crippen LogP contribution in [0.25, 0.3) is 0 Å². The van der Waals surface area contributed by atoms with E-state index in [0.717, 1.165) is 25.9 Å². The SMILES string of the molecule is Cc1cc(N2CCC(N(C)C)CC2)cc(C(F)(F)F)c1. The highest BCUT2D eigenvalue weighted by Crippen LogP contribution is 2.33. The van der Waals surface area contributed by atoms with E-state index in [4.69, 9.17) is 0 Å². The molecule has 0 aromatic heterocycles. The van der Waals surface area contributed by atoms with Crippen molar-refractivity contribution in [3.63, 3.8) is 0 Å². The fraction of sp³-hybridized carbons (Fsp3) is 0.600. The molecule has 0 amide bonds. The smallest absolute Gasteiger partial charge is 0.371 e.